The number of aromatic nitrogens is 2. The number of hydrogen-bond acceptors (Lipinski definition) is 4. The summed E-state index contributed by atoms with van der Waals surface area (Å²) in [6, 6.07) is 6.99. The van der Waals surface area contributed by atoms with Gasteiger partial charge in [-0.2, -0.15) is 5.10 Å². The van der Waals surface area contributed by atoms with Gasteiger partial charge in [0, 0.05) is 12.6 Å². The number of rotatable bonds is 6. The van der Waals surface area contributed by atoms with Crippen LogP contribution in [-0.4, -0.2) is 22.2 Å². The zero-order valence-corrected chi connectivity index (χ0v) is 13.0. The molecule has 2 aromatic heterocycles. The predicted octanol–water partition coefficient (Wildman–Crippen LogP) is 2.13. The van der Waals surface area contributed by atoms with Crippen molar-refractivity contribution >= 4 is 17.2 Å². The standard InChI is InChI=1S/C15H19N3O2S/c1-11(2)7-8-16-14(19)10-18-15(20)6-5-12(17-18)13-4-3-9-21-13/h3-6,9,11H,7-8,10H2,1-2H3,(H,16,19). The molecular weight excluding hydrogens is 286 g/mol. The van der Waals surface area contributed by atoms with E-state index < -0.39 is 0 Å². The number of carbonyl (C=O) groups is 1. The number of carbonyl (C=O) groups excluding carboxylic acids is 1. The van der Waals surface area contributed by atoms with E-state index in [1.54, 1.807) is 17.4 Å². The Labute approximate surface area is 127 Å². The Balaban J connectivity index is 2.04. The lowest BCUT2D eigenvalue weighted by molar-refractivity contribution is -0.121. The molecule has 2 rings (SSSR count). The van der Waals surface area contributed by atoms with E-state index in [4.69, 9.17) is 0 Å². The number of nitrogens with zero attached hydrogens (tertiary/aromatic N) is 2. The summed E-state index contributed by atoms with van der Waals surface area (Å²) in [6.07, 6.45) is 0.920. The molecule has 1 N–H and O–H groups in total. The summed E-state index contributed by atoms with van der Waals surface area (Å²) in [4.78, 5) is 24.6. The SMILES string of the molecule is CC(C)CCNC(=O)Cn1nc(-c2cccs2)ccc1=O. The molecule has 5 nitrogen and oxygen atoms in total. The van der Waals surface area contributed by atoms with Crippen LogP contribution >= 0.6 is 11.3 Å². The highest BCUT2D eigenvalue weighted by molar-refractivity contribution is 7.13. The highest BCUT2D eigenvalue weighted by atomic mass is 32.1. The van der Waals surface area contributed by atoms with Crippen molar-refractivity contribution < 1.29 is 4.79 Å². The molecule has 1 amide bonds. The molecule has 0 bridgehead atoms. The smallest absolute Gasteiger partial charge is 0.267 e. The van der Waals surface area contributed by atoms with Crippen LogP contribution in [-0.2, 0) is 11.3 Å². The van der Waals surface area contributed by atoms with E-state index in [0.29, 0.717) is 18.2 Å². The Morgan fingerprint density at radius 3 is 2.86 bits per heavy atom. The summed E-state index contributed by atoms with van der Waals surface area (Å²) in [7, 11) is 0. The van der Waals surface area contributed by atoms with E-state index in [-0.39, 0.29) is 18.0 Å². The molecule has 0 spiro atoms. The molecule has 0 aliphatic rings. The number of thiophene rings is 1. The summed E-state index contributed by atoms with van der Waals surface area (Å²) in [5.74, 6) is 0.349. The van der Waals surface area contributed by atoms with Crippen molar-refractivity contribution in [3.8, 4) is 10.6 Å². The van der Waals surface area contributed by atoms with Gasteiger partial charge in [0.05, 0.1) is 4.88 Å². The average molecular weight is 305 g/mol. The maximum atomic E-state index is 11.8. The van der Waals surface area contributed by atoms with E-state index in [9.17, 15) is 9.59 Å². The third-order valence-corrected chi connectivity index (χ3v) is 3.87. The van der Waals surface area contributed by atoms with Gasteiger partial charge < -0.3 is 5.32 Å². The van der Waals surface area contributed by atoms with Gasteiger partial charge in [-0.25, -0.2) is 4.68 Å². The van der Waals surface area contributed by atoms with E-state index in [2.05, 4.69) is 24.3 Å². The minimum atomic E-state index is -0.269. The second-order valence-electron chi connectivity index (χ2n) is 5.22. The first-order valence-corrected chi connectivity index (χ1v) is 7.83. The van der Waals surface area contributed by atoms with Crippen LogP contribution < -0.4 is 10.9 Å². The minimum absolute atomic E-state index is 0.0455. The van der Waals surface area contributed by atoms with Gasteiger partial charge in [0.2, 0.25) is 5.91 Å². The molecular formula is C15H19N3O2S. The van der Waals surface area contributed by atoms with Gasteiger partial charge in [-0.3, -0.25) is 9.59 Å². The van der Waals surface area contributed by atoms with Crippen molar-refractivity contribution in [2.45, 2.75) is 26.8 Å². The molecule has 0 radical (unpaired) electrons. The molecule has 112 valence electrons. The predicted molar refractivity (Wildman–Crippen MR) is 84.3 cm³/mol. The number of nitrogens with one attached hydrogen (secondary N) is 1. The Morgan fingerprint density at radius 2 is 2.19 bits per heavy atom. The fourth-order valence-electron chi connectivity index (χ4n) is 1.81. The molecule has 0 atom stereocenters. The third-order valence-electron chi connectivity index (χ3n) is 2.98. The van der Waals surface area contributed by atoms with Crippen molar-refractivity contribution in [1.29, 1.82) is 0 Å². The van der Waals surface area contributed by atoms with Gasteiger partial charge in [-0.15, -0.1) is 11.3 Å². The van der Waals surface area contributed by atoms with Crippen LogP contribution in [0.2, 0.25) is 0 Å². The van der Waals surface area contributed by atoms with Crippen LogP contribution in [0.1, 0.15) is 20.3 Å². The normalized spacial score (nSPS) is 10.8. The van der Waals surface area contributed by atoms with Gasteiger partial charge in [0.15, 0.2) is 0 Å². The van der Waals surface area contributed by atoms with Gasteiger partial charge >= 0.3 is 0 Å². The van der Waals surface area contributed by atoms with Gasteiger partial charge in [-0.1, -0.05) is 19.9 Å². The van der Waals surface area contributed by atoms with Crippen molar-refractivity contribution in [1.82, 2.24) is 15.1 Å². The molecule has 0 aromatic carbocycles. The molecule has 0 unspecified atom stereocenters. The Bertz CT molecular complexity index is 647. The van der Waals surface area contributed by atoms with Crippen LogP contribution in [0.3, 0.4) is 0 Å². The first-order valence-electron chi connectivity index (χ1n) is 6.95. The zero-order chi connectivity index (χ0) is 15.2. The Kier molecular flexibility index (Phi) is 5.27. The highest BCUT2D eigenvalue weighted by Crippen LogP contribution is 2.20. The van der Waals surface area contributed by atoms with Crippen LogP contribution in [0.25, 0.3) is 10.6 Å². The fourth-order valence-corrected chi connectivity index (χ4v) is 2.50. The summed E-state index contributed by atoms with van der Waals surface area (Å²) >= 11 is 1.55. The van der Waals surface area contributed by atoms with Crippen LogP contribution in [0, 0.1) is 5.92 Å². The molecule has 0 aliphatic heterocycles. The number of amides is 1. The summed E-state index contributed by atoms with van der Waals surface area (Å²) < 4.78 is 1.21. The van der Waals surface area contributed by atoms with Gasteiger partial charge in [0.1, 0.15) is 12.2 Å². The van der Waals surface area contributed by atoms with Crippen LogP contribution in [0.4, 0.5) is 0 Å². The van der Waals surface area contributed by atoms with Crippen molar-refractivity contribution in [3.05, 3.63) is 40.0 Å². The third kappa shape index (κ3) is 4.53. The molecule has 0 saturated heterocycles. The van der Waals surface area contributed by atoms with Crippen molar-refractivity contribution in [2.75, 3.05) is 6.54 Å². The quantitative estimate of drug-likeness (QED) is 0.889. The number of hydrogen-bond donors (Lipinski definition) is 1. The second-order valence-corrected chi connectivity index (χ2v) is 6.17. The molecule has 6 heteroatoms. The lowest BCUT2D eigenvalue weighted by Gasteiger charge is -2.08. The van der Waals surface area contributed by atoms with Crippen molar-refractivity contribution in [2.24, 2.45) is 5.92 Å². The van der Waals surface area contributed by atoms with Gasteiger partial charge in [-0.05, 0) is 29.9 Å². The van der Waals surface area contributed by atoms with Crippen molar-refractivity contribution in [3.63, 3.8) is 0 Å². The van der Waals surface area contributed by atoms with E-state index in [0.717, 1.165) is 11.3 Å². The summed E-state index contributed by atoms with van der Waals surface area (Å²) in [5, 5.41) is 9.01. The van der Waals surface area contributed by atoms with Gasteiger partial charge in [0.25, 0.3) is 5.56 Å². The zero-order valence-electron chi connectivity index (χ0n) is 12.2. The first-order chi connectivity index (χ1) is 10.1. The summed E-state index contributed by atoms with van der Waals surface area (Å²) in [6.45, 7) is 4.78. The average Bonchev–Trinajstić information content (AvgIpc) is 2.95. The molecule has 2 heterocycles. The van der Waals surface area contributed by atoms with Crippen LogP contribution in [0.15, 0.2) is 34.4 Å². The highest BCUT2D eigenvalue weighted by Gasteiger charge is 2.08. The lowest BCUT2D eigenvalue weighted by atomic mass is 10.1. The van der Waals surface area contributed by atoms with E-state index >= 15 is 0 Å². The summed E-state index contributed by atoms with van der Waals surface area (Å²) in [5.41, 5.74) is 0.439. The first kappa shape index (κ1) is 15.4. The van der Waals surface area contributed by atoms with E-state index in [1.165, 1.54) is 10.7 Å². The molecule has 0 saturated carbocycles. The monoisotopic (exact) mass is 305 g/mol. The Morgan fingerprint density at radius 1 is 1.38 bits per heavy atom. The minimum Gasteiger partial charge on any atom is -0.354 e. The fraction of sp³-hybridized carbons (Fsp3) is 0.400. The molecule has 0 aliphatic carbocycles. The Hall–Kier alpha value is -1.95. The molecule has 21 heavy (non-hydrogen) atoms. The van der Waals surface area contributed by atoms with E-state index in [1.807, 2.05) is 17.5 Å². The second kappa shape index (κ2) is 7.17. The lowest BCUT2D eigenvalue weighted by Crippen LogP contribution is -2.34. The van der Waals surface area contributed by atoms with Crippen LogP contribution in [0.5, 0.6) is 0 Å². The molecule has 2 aromatic rings. The maximum Gasteiger partial charge on any atom is 0.267 e. The molecule has 0 fully saturated rings. The maximum absolute atomic E-state index is 11.8. The topological polar surface area (TPSA) is 64.0 Å². The largest absolute Gasteiger partial charge is 0.354 e.